The average Bonchev–Trinajstić information content (AvgIpc) is 3.45. The number of imidazole rings is 1. The minimum Gasteiger partial charge on any atom is -0.496 e. The maximum atomic E-state index is 14.3. The van der Waals surface area contributed by atoms with Crippen LogP contribution in [-0.2, 0) is 0 Å². The summed E-state index contributed by atoms with van der Waals surface area (Å²) >= 11 is 13.3. The van der Waals surface area contributed by atoms with E-state index >= 15 is 0 Å². The number of aromatic nitrogens is 2. The lowest BCUT2D eigenvalue weighted by molar-refractivity contribution is 0.0941. The van der Waals surface area contributed by atoms with E-state index in [0.717, 1.165) is 33.6 Å². The Hall–Kier alpha value is -3.81. The molecule has 210 valence electrons. The van der Waals surface area contributed by atoms with Crippen LogP contribution in [0, 0.1) is 6.92 Å². The molecular formula is C32H30Cl2N4O3. The van der Waals surface area contributed by atoms with Gasteiger partial charge in [0.1, 0.15) is 17.6 Å². The predicted molar refractivity (Wildman–Crippen MR) is 162 cm³/mol. The number of carbonyl (C=O) groups is 2. The van der Waals surface area contributed by atoms with Crippen molar-refractivity contribution in [3.63, 3.8) is 0 Å². The first kappa shape index (κ1) is 27.4. The van der Waals surface area contributed by atoms with E-state index in [-0.39, 0.29) is 23.9 Å². The number of carbonyl (C=O) groups excluding carboxylic acids is 2. The smallest absolute Gasteiger partial charge is 0.279 e. The van der Waals surface area contributed by atoms with Crippen molar-refractivity contribution in [3.05, 3.63) is 86.7 Å². The highest BCUT2D eigenvalue weighted by Crippen LogP contribution is 2.56. The van der Waals surface area contributed by atoms with Gasteiger partial charge in [-0.05, 0) is 87.7 Å². The Kier molecular flexibility index (Phi) is 6.63. The number of fused-ring (bicyclic) bond motifs is 8. The number of amides is 2. The van der Waals surface area contributed by atoms with Gasteiger partial charge in [0, 0.05) is 28.2 Å². The van der Waals surface area contributed by atoms with E-state index in [0.29, 0.717) is 38.4 Å². The fourth-order valence-electron chi connectivity index (χ4n) is 6.04. The first-order chi connectivity index (χ1) is 19.5. The molecule has 0 spiro atoms. The van der Waals surface area contributed by atoms with Crippen molar-refractivity contribution in [3.8, 4) is 28.3 Å². The Bertz CT molecular complexity index is 1760. The highest BCUT2D eigenvalue weighted by molar-refractivity contribution is 6.35. The van der Waals surface area contributed by atoms with Crippen LogP contribution in [0.5, 0.6) is 5.75 Å². The molecule has 0 aliphatic carbocycles. The van der Waals surface area contributed by atoms with Crippen LogP contribution < -0.4 is 15.0 Å². The number of methoxy groups -OCH3 is 1. The predicted octanol–water partition coefficient (Wildman–Crippen LogP) is 7.62. The molecule has 1 aromatic heterocycles. The fraction of sp³-hybridized carbons (Fsp3) is 0.281. The summed E-state index contributed by atoms with van der Waals surface area (Å²) in [6.07, 6.45) is 0. The number of benzene rings is 3. The highest BCUT2D eigenvalue weighted by Gasteiger charge is 2.49. The molecule has 1 atom stereocenters. The molecule has 0 bridgehead atoms. The van der Waals surface area contributed by atoms with Gasteiger partial charge in [0.25, 0.3) is 11.8 Å². The second-order valence-corrected chi connectivity index (χ2v) is 11.9. The van der Waals surface area contributed by atoms with E-state index in [1.54, 1.807) is 25.3 Å². The van der Waals surface area contributed by atoms with E-state index < -0.39 is 6.04 Å². The average molecular weight is 590 g/mol. The molecule has 4 aromatic rings. The summed E-state index contributed by atoms with van der Waals surface area (Å²) in [5.41, 5.74) is 6.58. The number of anilines is 1. The maximum absolute atomic E-state index is 14.3. The monoisotopic (exact) mass is 588 g/mol. The number of nitrogens with one attached hydrogen (secondary N) is 1. The summed E-state index contributed by atoms with van der Waals surface area (Å²) in [5, 5.41) is 4.08. The van der Waals surface area contributed by atoms with E-state index in [2.05, 4.69) is 23.7 Å². The van der Waals surface area contributed by atoms with Gasteiger partial charge in [-0.2, -0.15) is 0 Å². The topological polar surface area (TPSA) is 76.5 Å². The van der Waals surface area contributed by atoms with Gasteiger partial charge in [0.15, 0.2) is 5.69 Å². The number of nitrogens with zero attached hydrogens (tertiary/aromatic N) is 3. The lowest BCUT2D eigenvalue weighted by Crippen LogP contribution is -2.34. The van der Waals surface area contributed by atoms with Gasteiger partial charge in [0.2, 0.25) is 0 Å². The Balaban J connectivity index is 1.62. The number of halogens is 2. The molecule has 1 N–H and O–H groups in total. The van der Waals surface area contributed by atoms with Crippen molar-refractivity contribution < 1.29 is 14.3 Å². The van der Waals surface area contributed by atoms with Gasteiger partial charge < -0.3 is 14.6 Å². The molecule has 0 radical (unpaired) electrons. The van der Waals surface area contributed by atoms with Crippen LogP contribution in [0.2, 0.25) is 10.0 Å². The van der Waals surface area contributed by atoms with Crippen LogP contribution in [0.1, 0.15) is 77.4 Å². The highest BCUT2D eigenvalue weighted by atomic mass is 35.5. The molecule has 2 amide bonds. The maximum Gasteiger partial charge on any atom is 0.279 e. The minimum absolute atomic E-state index is 0.0159. The summed E-state index contributed by atoms with van der Waals surface area (Å²) < 4.78 is 7.81. The third-order valence-electron chi connectivity index (χ3n) is 7.67. The third-order valence-corrected chi connectivity index (χ3v) is 8.22. The molecule has 9 heteroatoms. The largest absolute Gasteiger partial charge is 0.496 e. The molecule has 0 saturated carbocycles. The lowest BCUT2D eigenvalue weighted by Gasteiger charge is -2.37. The van der Waals surface area contributed by atoms with Crippen LogP contribution in [0.4, 0.5) is 5.69 Å². The summed E-state index contributed by atoms with van der Waals surface area (Å²) in [6, 6.07) is 14.3. The number of hydrogen-bond acceptors (Lipinski definition) is 4. The van der Waals surface area contributed by atoms with E-state index in [9.17, 15) is 9.59 Å². The molecule has 2 aliphatic heterocycles. The first-order valence-corrected chi connectivity index (χ1v) is 14.3. The van der Waals surface area contributed by atoms with Crippen LogP contribution in [-0.4, -0.2) is 34.5 Å². The number of ether oxygens (including phenoxy) is 1. The molecule has 0 saturated heterocycles. The Morgan fingerprint density at radius 1 is 1.02 bits per heavy atom. The van der Waals surface area contributed by atoms with Gasteiger partial charge in [-0.15, -0.1) is 0 Å². The number of hydrogen-bond donors (Lipinski definition) is 1. The van der Waals surface area contributed by atoms with E-state index in [1.165, 1.54) is 0 Å². The summed E-state index contributed by atoms with van der Waals surface area (Å²) in [6.45, 7) is 9.92. The second-order valence-electron chi connectivity index (χ2n) is 11.1. The fourth-order valence-corrected chi connectivity index (χ4v) is 6.46. The van der Waals surface area contributed by atoms with Crippen molar-refractivity contribution in [1.29, 1.82) is 0 Å². The zero-order valence-electron chi connectivity index (χ0n) is 23.7. The van der Waals surface area contributed by atoms with Gasteiger partial charge in [-0.3, -0.25) is 14.5 Å². The Morgan fingerprint density at radius 2 is 1.78 bits per heavy atom. The van der Waals surface area contributed by atoms with Gasteiger partial charge >= 0.3 is 0 Å². The summed E-state index contributed by atoms with van der Waals surface area (Å²) in [4.78, 5) is 34.0. The molecule has 3 aromatic carbocycles. The quantitative estimate of drug-likeness (QED) is 0.260. The van der Waals surface area contributed by atoms with Crippen molar-refractivity contribution in [1.82, 2.24) is 14.9 Å². The summed E-state index contributed by atoms with van der Waals surface area (Å²) in [7, 11) is 1.58. The van der Waals surface area contributed by atoms with Gasteiger partial charge in [0.05, 0.1) is 29.1 Å². The van der Waals surface area contributed by atoms with E-state index in [1.807, 2.05) is 56.0 Å². The molecule has 41 heavy (non-hydrogen) atoms. The van der Waals surface area contributed by atoms with Crippen molar-refractivity contribution in [2.75, 3.05) is 12.0 Å². The molecule has 2 aliphatic rings. The molecule has 0 unspecified atom stereocenters. The second kappa shape index (κ2) is 9.93. The van der Waals surface area contributed by atoms with Crippen LogP contribution in [0.3, 0.4) is 0 Å². The molecule has 3 heterocycles. The Morgan fingerprint density at radius 3 is 2.46 bits per heavy atom. The van der Waals surface area contributed by atoms with Crippen molar-refractivity contribution >= 4 is 40.7 Å². The normalized spacial score (nSPS) is 15.1. The SMILES string of the molecule is COc1ccc(C(=O)NC(C)C)cc1-c1nc2c(n1C(C)C)[C@@H]1c3ccc(Cl)cc3-c3c(Cl)ccc(C)c3N1C2=O. The molecule has 7 nitrogen and oxygen atoms in total. The Labute approximate surface area is 249 Å². The van der Waals surface area contributed by atoms with Crippen molar-refractivity contribution in [2.45, 2.75) is 52.7 Å². The summed E-state index contributed by atoms with van der Waals surface area (Å²) in [5.74, 6) is 0.733. The minimum atomic E-state index is -0.434. The number of rotatable bonds is 5. The standard InChI is InChI=1S/C32H30Cl2N4O3/c1-15(2)35-31(39)18-8-12-24(41-6)22(13-18)30-36-26-29(37(30)16(3)4)28-20-10-9-19(33)14-21(20)25-23(34)11-7-17(5)27(25)38(28)32(26)40/h7-16,28H,1-6H3,(H,35,39)/t28-/m0/s1. The van der Waals surface area contributed by atoms with Gasteiger partial charge in [-0.1, -0.05) is 35.3 Å². The lowest BCUT2D eigenvalue weighted by atomic mass is 9.86. The molecule has 0 fully saturated rings. The first-order valence-electron chi connectivity index (χ1n) is 13.6. The van der Waals surface area contributed by atoms with Crippen LogP contribution in [0.15, 0.2) is 48.5 Å². The molecule has 6 rings (SSSR count). The van der Waals surface area contributed by atoms with E-state index in [4.69, 9.17) is 32.9 Å². The zero-order chi connectivity index (χ0) is 29.3. The van der Waals surface area contributed by atoms with Gasteiger partial charge in [-0.25, -0.2) is 4.98 Å². The van der Waals surface area contributed by atoms with Crippen LogP contribution in [0.25, 0.3) is 22.5 Å². The zero-order valence-corrected chi connectivity index (χ0v) is 25.2. The van der Waals surface area contributed by atoms with Crippen LogP contribution >= 0.6 is 23.2 Å². The van der Waals surface area contributed by atoms with Crippen molar-refractivity contribution in [2.24, 2.45) is 0 Å². The third kappa shape index (κ3) is 4.13. The molecular weight excluding hydrogens is 559 g/mol. The number of aryl methyl sites for hydroxylation is 1.